The number of amides is 1. The molecule has 6 nitrogen and oxygen atoms in total. The Morgan fingerprint density at radius 3 is 3.06 bits per heavy atom. The van der Waals surface area contributed by atoms with Crippen LogP contribution in [0.4, 0.5) is 5.69 Å². The Morgan fingerprint density at radius 2 is 2.39 bits per heavy atom. The SMILES string of the molecule is [N-]=[N+]=NCC1CC(=O)N(c2cnc(Cl)c(Cl)c2)C1. The summed E-state index contributed by atoms with van der Waals surface area (Å²) in [6.45, 7) is 0.811. The van der Waals surface area contributed by atoms with Gasteiger partial charge in [-0.15, -0.1) is 0 Å². The van der Waals surface area contributed by atoms with Gasteiger partial charge in [0, 0.05) is 24.4 Å². The van der Waals surface area contributed by atoms with Crippen molar-refractivity contribution in [2.75, 3.05) is 18.0 Å². The molecule has 1 amide bonds. The smallest absolute Gasteiger partial charge is 0.227 e. The highest BCUT2D eigenvalue weighted by atomic mass is 35.5. The molecule has 18 heavy (non-hydrogen) atoms. The molecule has 0 bridgehead atoms. The number of halogens is 2. The zero-order chi connectivity index (χ0) is 13.1. The Balaban J connectivity index is 2.16. The normalized spacial score (nSPS) is 18.9. The number of carbonyl (C=O) groups excluding carboxylic acids is 1. The number of anilines is 1. The van der Waals surface area contributed by atoms with E-state index >= 15 is 0 Å². The molecule has 0 aliphatic carbocycles. The molecule has 1 aliphatic rings. The predicted molar refractivity (Wildman–Crippen MR) is 68.7 cm³/mol. The number of aromatic nitrogens is 1. The molecule has 1 aliphatic heterocycles. The quantitative estimate of drug-likeness (QED) is 0.370. The van der Waals surface area contributed by atoms with Gasteiger partial charge in [-0.3, -0.25) is 4.79 Å². The first-order valence-corrected chi connectivity index (χ1v) is 5.99. The van der Waals surface area contributed by atoms with Crippen molar-refractivity contribution in [1.82, 2.24) is 4.98 Å². The van der Waals surface area contributed by atoms with Gasteiger partial charge in [-0.2, -0.15) is 0 Å². The number of pyridine rings is 1. The molecule has 94 valence electrons. The molecular formula is C10H9Cl2N5O. The maximum Gasteiger partial charge on any atom is 0.227 e. The van der Waals surface area contributed by atoms with Crippen molar-refractivity contribution >= 4 is 34.8 Å². The van der Waals surface area contributed by atoms with Gasteiger partial charge >= 0.3 is 0 Å². The van der Waals surface area contributed by atoms with Gasteiger partial charge in [-0.1, -0.05) is 28.3 Å². The molecule has 0 aromatic carbocycles. The Hall–Kier alpha value is -1.49. The second-order valence-electron chi connectivity index (χ2n) is 3.95. The van der Waals surface area contributed by atoms with Crippen LogP contribution in [0.1, 0.15) is 6.42 Å². The molecule has 1 unspecified atom stereocenters. The summed E-state index contributed by atoms with van der Waals surface area (Å²) >= 11 is 11.6. The maximum absolute atomic E-state index is 11.8. The molecule has 0 N–H and O–H groups in total. The standard InChI is InChI=1S/C10H9Cl2N5O/c11-8-2-7(4-14-10(8)12)17-5-6(1-9(17)18)3-15-16-13/h2,4,6H,1,3,5H2. The predicted octanol–water partition coefficient (Wildman–Crippen LogP) is 3.05. The van der Waals surface area contributed by atoms with Crippen molar-refractivity contribution in [1.29, 1.82) is 0 Å². The fourth-order valence-electron chi connectivity index (χ4n) is 1.86. The van der Waals surface area contributed by atoms with Gasteiger partial charge in [-0.05, 0) is 17.5 Å². The van der Waals surface area contributed by atoms with Crippen LogP contribution in [0, 0.1) is 5.92 Å². The van der Waals surface area contributed by atoms with Crippen LogP contribution in [0.25, 0.3) is 10.4 Å². The molecule has 0 saturated carbocycles. The molecule has 2 rings (SSSR count). The van der Waals surface area contributed by atoms with E-state index in [9.17, 15) is 4.79 Å². The summed E-state index contributed by atoms with van der Waals surface area (Å²) in [7, 11) is 0. The number of rotatable bonds is 3. The van der Waals surface area contributed by atoms with E-state index in [4.69, 9.17) is 28.7 Å². The van der Waals surface area contributed by atoms with E-state index in [1.54, 1.807) is 11.0 Å². The lowest BCUT2D eigenvalue weighted by Crippen LogP contribution is -2.24. The first-order chi connectivity index (χ1) is 8.61. The van der Waals surface area contributed by atoms with Crippen molar-refractivity contribution in [3.8, 4) is 0 Å². The van der Waals surface area contributed by atoms with Crippen molar-refractivity contribution in [2.24, 2.45) is 11.0 Å². The van der Waals surface area contributed by atoms with Crippen molar-refractivity contribution < 1.29 is 4.79 Å². The largest absolute Gasteiger partial charge is 0.311 e. The molecule has 2 heterocycles. The summed E-state index contributed by atoms with van der Waals surface area (Å²) in [5.74, 6) is -0.00353. The van der Waals surface area contributed by atoms with Crippen molar-refractivity contribution in [3.63, 3.8) is 0 Å². The minimum absolute atomic E-state index is 0.0304. The maximum atomic E-state index is 11.8. The van der Waals surface area contributed by atoms with E-state index in [2.05, 4.69) is 15.0 Å². The van der Waals surface area contributed by atoms with Gasteiger partial charge in [0.15, 0.2) is 0 Å². The summed E-state index contributed by atoms with van der Waals surface area (Å²) in [5.41, 5.74) is 8.87. The van der Waals surface area contributed by atoms with Crippen LogP contribution in [0.15, 0.2) is 17.4 Å². The molecule has 1 aromatic heterocycles. The average Bonchev–Trinajstić information content (AvgIpc) is 2.71. The number of nitrogens with zero attached hydrogens (tertiary/aromatic N) is 5. The average molecular weight is 286 g/mol. The lowest BCUT2D eigenvalue weighted by atomic mass is 10.1. The Bertz CT molecular complexity index is 529. The van der Waals surface area contributed by atoms with Crippen LogP contribution in [0.5, 0.6) is 0 Å². The van der Waals surface area contributed by atoms with Gasteiger partial charge in [0.25, 0.3) is 0 Å². The van der Waals surface area contributed by atoms with Crippen LogP contribution in [0.2, 0.25) is 10.2 Å². The minimum Gasteiger partial charge on any atom is -0.311 e. The molecule has 8 heteroatoms. The molecule has 1 saturated heterocycles. The third kappa shape index (κ3) is 2.67. The van der Waals surface area contributed by atoms with Crippen LogP contribution < -0.4 is 4.90 Å². The van der Waals surface area contributed by atoms with Gasteiger partial charge < -0.3 is 4.90 Å². The van der Waals surface area contributed by atoms with Crippen LogP contribution in [-0.2, 0) is 4.79 Å². The topological polar surface area (TPSA) is 82.0 Å². The number of hydrogen-bond acceptors (Lipinski definition) is 3. The van der Waals surface area contributed by atoms with Crippen LogP contribution in [0.3, 0.4) is 0 Å². The van der Waals surface area contributed by atoms with Gasteiger partial charge in [0.2, 0.25) is 5.91 Å². The van der Waals surface area contributed by atoms with Crippen LogP contribution >= 0.6 is 23.2 Å². The van der Waals surface area contributed by atoms with E-state index in [1.807, 2.05) is 0 Å². The Kier molecular flexibility index (Phi) is 3.91. The fourth-order valence-corrected chi connectivity index (χ4v) is 2.13. The van der Waals surface area contributed by atoms with E-state index in [0.717, 1.165) is 0 Å². The number of carbonyl (C=O) groups is 1. The van der Waals surface area contributed by atoms with E-state index in [0.29, 0.717) is 30.2 Å². The third-order valence-electron chi connectivity index (χ3n) is 2.70. The molecule has 0 spiro atoms. The van der Waals surface area contributed by atoms with E-state index in [-0.39, 0.29) is 17.0 Å². The van der Waals surface area contributed by atoms with Gasteiger partial charge in [0.1, 0.15) is 5.15 Å². The molecule has 1 aromatic rings. The summed E-state index contributed by atoms with van der Waals surface area (Å²) in [5, 5.41) is 4.00. The molecule has 1 atom stereocenters. The first kappa shape index (κ1) is 13.0. The van der Waals surface area contributed by atoms with E-state index < -0.39 is 0 Å². The minimum atomic E-state index is -0.0340. The number of hydrogen-bond donors (Lipinski definition) is 0. The highest BCUT2D eigenvalue weighted by molar-refractivity contribution is 6.41. The van der Waals surface area contributed by atoms with Crippen molar-refractivity contribution in [2.45, 2.75) is 6.42 Å². The molecular weight excluding hydrogens is 277 g/mol. The lowest BCUT2D eigenvalue weighted by Gasteiger charge is -2.16. The first-order valence-electron chi connectivity index (χ1n) is 5.24. The highest BCUT2D eigenvalue weighted by Gasteiger charge is 2.30. The second-order valence-corrected chi connectivity index (χ2v) is 4.72. The Labute approximate surface area is 113 Å². The van der Waals surface area contributed by atoms with Gasteiger partial charge in [0.05, 0.1) is 16.9 Å². The van der Waals surface area contributed by atoms with Gasteiger partial charge in [-0.25, -0.2) is 4.98 Å². The van der Waals surface area contributed by atoms with E-state index in [1.165, 1.54) is 6.20 Å². The summed E-state index contributed by atoms with van der Waals surface area (Å²) in [6.07, 6.45) is 1.86. The zero-order valence-electron chi connectivity index (χ0n) is 9.25. The summed E-state index contributed by atoms with van der Waals surface area (Å²) in [4.78, 5) is 20.0. The lowest BCUT2D eigenvalue weighted by molar-refractivity contribution is -0.117. The fraction of sp³-hybridized carbons (Fsp3) is 0.400. The summed E-state index contributed by atoms with van der Waals surface area (Å²) < 4.78 is 0. The summed E-state index contributed by atoms with van der Waals surface area (Å²) in [6, 6.07) is 1.60. The highest BCUT2D eigenvalue weighted by Crippen LogP contribution is 2.29. The molecule has 0 radical (unpaired) electrons. The third-order valence-corrected chi connectivity index (χ3v) is 3.39. The van der Waals surface area contributed by atoms with Crippen LogP contribution in [-0.4, -0.2) is 24.0 Å². The second kappa shape index (κ2) is 5.44. The monoisotopic (exact) mass is 285 g/mol. The zero-order valence-corrected chi connectivity index (χ0v) is 10.8. The number of azide groups is 1. The molecule has 1 fully saturated rings. The Morgan fingerprint density at radius 1 is 1.61 bits per heavy atom. The van der Waals surface area contributed by atoms with Crippen molar-refractivity contribution in [3.05, 3.63) is 32.9 Å².